The van der Waals surface area contributed by atoms with Gasteiger partial charge in [0.1, 0.15) is 5.76 Å². The largest absolute Gasteiger partial charge is 0.469 e. The number of furan rings is 1. The number of aliphatic hydroxyl groups excluding tert-OH is 1. The van der Waals surface area contributed by atoms with Crippen LogP contribution in [0.25, 0.3) is 0 Å². The van der Waals surface area contributed by atoms with Crippen LogP contribution in [0, 0.1) is 6.92 Å². The monoisotopic (exact) mass is 230 g/mol. The lowest BCUT2D eigenvalue weighted by Crippen LogP contribution is -2.11. The van der Waals surface area contributed by atoms with E-state index in [1.165, 1.54) is 11.1 Å². The van der Waals surface area contributed by atoms with Crippen molar-refractivity contribution in [2.24, 2.45) is 0 Å². The lowest BCUT2D eigenvalue weighted by molar-refractivity contribution is 0.158. The van der Waals surface area contributed by atoms with Gasteiger partial charge in [0, 0.05) is 6.42 Å². The van der Waals surface area contributed by atoms with Crippen LogP contribution in [0.5, 0.6) is 0 Å². The zero-order chi connectivity index (χ0) is 12.1. The van der Waals surface area contributed by atoms with Gasteiger partial charge in [-0.2, -0.15) is 0 Å². The minimum Gasteiger partial charge on any atom is -0.469 e. The molecule has 1 aromatic carbocycles. The number of benzene rings is 1. The van der Waals surface area contributed by atoms with Crippen molar-refractivity contribution in [3.05, 3.63) is 59.5 Å². The highest BCUT2D eigenvalue weighted by atomic mass is 16.3. The first-order valence-corrected chi connectivity index (χ1v) is 6.00. The Labute approximate surface area is 102 Å². The van der Waals surface area contributed by atoms with Gasteiger partial charge in [-0.1, -0.05) is 29.8 Å². The van der Waals surface area contributed by atoms with Gasteiger partial charge in [-0.25, -0.2) is 0 Å². The predicted octanol–water partition coefficient (Wildman–Crippen LogP) is 3.12. The van der Waals surface area contributed by atoms with E-state index in [4.69, 9.17) is 4.42 Å². The molecule has 1 aromatic heterocycles. The van der Waals surface area contributed by atoms with Crippen molar-refractivity contribution < 1.29 is 9.52 Å². The molecule has 2 rings (SSSR count). The summed E-state index contributed by atoms with van der Waals surface area (Å²) in [7, 11) is 0. The highest BCUT2D eigenvalue weighted by Gasteiger charge is 2.07. The van der Waals surface area contributed by atoms with E-state index in [1.54, 1.807) is 6.26 Å². The Kier molecular flexibility index (Phi) is 3.99. The Morgan fingerprint density at radius 1 is 1.24 bits per heavy atom. The third-order valence-corrected chi connectivity index (χ3v) is 2.87. The highest BCUT2D eigenvalue weighted by Crippen LogP contribution is 2.11. The molecule has 0 fully saturated rings. The first-order valence-electron chi connectivity index (χ1n) is 6.00. The van der Waals surface area contributed by atoms with Gasteiger partial charge in [0.2, 0.25) is 0 Å². The molecule has 90 valence electrons. The summed E-state index contributed by atoms with van der Waals surface area (Å²) in [6.07, 6.45) is 3.58. The maximum atomic E-state index is 9.89. The molecule has 0 amide bonds. The molecule has 1 heterocycles. The van der Waals surface area contributed by atoms with Crippen LogP contribution in [0.1, 0.15) is 23.3 Å². The standard InChI is InChI=1S/C15H18O2/c1-12-4-2-5-13(10-12)7-8-14(16)11-15-6-3-9-17-15/h2-6,9-10,14,16H,7-8,11H2,1H3. The van der Waals surface area contributed by atoms with Crippen LogP contribution in [0.3, 0.4) is 0 Å². The molecule has 0 aliphatic heterocycles. The summed E-state index contributed by atoms with van der Waals surface area (Å²) in [5, 5.41) is 9.89. The number of rotatable bonds is 5. The molecular weight excluding hydrogens is 212 g/mol. The number of aryl methyl sites for hydroxylation is 2. The molecule has 2 aromatic rings. The van der Waals surface area contributed by atoms with Gasteiger partial charge in [0.15, 0.2) is 0 Å². The predicted molar refractivity (Wildman–Crippen MR) is 67.9 cm³/mol. The van der Waals surface area contributed by atoms with Crippen LogP contribution < -0.4 is 0 Å². The van der Waals surface area contributed by atoms with Gasteiger partial charge >= 0.3 is 0 Å². The molecule has 0 spiro atoms. The molecule has 0 aliphatic rings. The van der Waals surface area contributed by atoms with E-state index in [2.05, 4.69) is 31.2 Å². The molecule has 0 saturated carbocycles. The number of aliphatic hydroxyl groups is 1. The van der Waals surface area contributed by atoms with Crippen LogP contribution in [0.15, 0.2) is 47.1 Å². The van der Waals surface area contributed by atoms with Gasteiger partial charge in [0.25, 0.3) is 0 Å². The lowest BCUT2D eigenvalue weighted by Gasteiger charge is -2.09. The molecule has 0 bridgehead atoms. The van der Waals surface area contributed by atoms with Crippen LogP contribution in [-0.4, -0.2) is 11.2 Å². The van der Waals surface area contributed by atoms with Crippen LogP contribution in [0.2, 0.25) is 0 Å². The van der Waals surface area contributed by atoms with E-state index in [-0.39, 0.29) is 6.10 Å². The fourth-order valence-corrected chi connectivity index (χ4v) is 1.96. The molecule has 0 radical (unpaired) electrons. The van der Waals surface area contributed by atoms with Gasteiger partial charge in [-0.05, 0) is 37.5 Å². The third-order valence-electron chi connectivity index (χ3n) is 2.87. The Morgan fingerprint density at radius 3 is 2.82 bits per heavy atom. The van der Waals surface area contributed by atoms with Crippen molar-refractivity contribution in [1.82, 2.24) is 0 Å². The van der Waals surface area contributed by atoms with E-state index in [9.17, 15) is 5.11 Å². The lowest BCUT2D eigenvalue weighted by atomic mass is 10.0. The maximum absolute atomic E-state index is 9.89. The van der Waals surface area contributed by atoms with E-state index < -0.39 is 0 Å². The second-order valence-corrected chi connectivity index (χ2v) is 4.47. The van der Waals surface area contributed by atoms with Crippen molar-refractivity contribution in [2.45, 2.75) is 32.3 Å². The molecule has 2 nitrogen and oxygen atoms in total. The van der Waals surface area contributed by atoms with Crippen LogP contribution in [0.4, 0.5) is 0 Å². The normalized spacial score (nSPS) is 12.6. The van der Waals surface area contributed by atoms with Crippen LogP contribution >= 0.6 is 0 Å². The summed E-state index contributed by atoms with van der Waals surface area (Å²) in [5.41, 5.74) is 2.55. The first kappa shape index (κ1) is 11.9. The average molecular weight is 230 g/mol. The fourth-order valence-electron chi connectivity index (χ4n) is 1.96. The summed E-state index contributed by atoms with van der Waals surface area (Å²) in [6, 6.07) is 12.2. The molecule has 17 heavy (non-hydrogen) atoms. The highest BCUT2D eigenvalue weighted by molar-refractivity contribution is 5.22. The third kappa shape index (κ3) is 3.75. The first-order chi connectivity index (χ1) is 8.24. The Hall–Kier alpha value is -1.54. The molecule has 0 aliphatic carbocycles. The van der Waals surface area contributed by atoms with E-state index in [0.717, 1.165) is 18.6 Å². The average Bonchev–Trinajstić information content (AvgIpc) is 2.79. The van der Waals surface area contributed by atoms with Gasteiger partial charge < -0.3 is 9.52 Å². The van der Waals surface area contributed by atoms with E-state index in [0.29, 0.717) is 6.42 Å². The summed E-state index contributed by atoms with van der Waals surface area (Å²) in [6.45, 7) is 2.09. The zero-order valence-electron chi connectivity index (χ0n) is 10.1. The van der Waals surface area contributed by atoms with Crippen molar-refractivity contribution in [3.63, 3.8) is 0 Å². The molecule has 2 heteroatoms. The number of hydrogen-bond donors (Lipinski definition) is 1. The van der Waals surface area contributed by atoms with Crippen molar-refractivity contribution in [2.75, 3.05) is 0 Å². The number of hydrogen-bond acceptors (Lipinski definition) is 2. The minimum atomic E-state index is -0.332. The quantitative estimate of drug-likeness (QED) is 0.856. The molecule has 0 saturated heterocycles. The Bertz CT molecular complexity index is 446. The molecule has 1 unspecified atom stereocenters. The van der Waals surface area contributed by atoms with Gasteiger partial charge in [0.05, 0.1) is 12.4 Å². The second-order valence-electron chi connectivity index (χ2n) is 4.47. The van der Waals surface area contributed by atoms with Crippen molar-refractivity contribution in [3.8, 4) is 0 Å². The zero-order valence-corrected chi connectivity index (χ0v) is 10.1. The minimum absolute atomic E-state index is 0.332. The maximum Gasteiger partial charge on any atom is 0.106 e. The van der Waals surface area contributed by atoms with E-state index >= 15 is 0 Å². The SMILES string of the molecule is Cc1cccc(CCC(O)Cc2ccco2)c1. The second kappa shape index (κ2) is 5.69. The summed E-state index contributed by atoms with van der Waals surface area (Å²) in [5.74, 6) is 0.849. The Balaban J connectivity index is 1.82. The summed E-state index contributed by atoms with van der Waals surface area (Å²) in [4.78, 5) is 0. The molecular formula is C15H18O2. The smallest absolute Gasteiger partial charge is 0.106 e. The molecule has 1 atom stereocenters. The fraction of sp³-hybridized carbons (Fsp3) is 0.333. The molecule has 1 N–H and O–H groups in total. The van der Waals surface area contributed by atoms with Crippen molar-refractivity contribution in [1.29, 1.82) is 0 Å². The Morgan fingerprint density at radius 2 is 2.12 bits per heavy atom. The van der Waals surface area contributed by atoms with E-state index in [1.807, 2.05) is 12.1 Å². The van der Waals surface area contributed by atoms with Gasteiger partial charge in [-0.15, -0.1) is 0 Å². The van der Waals surface area contributed by atoms with Crippen molar-refractivity contribution >= 4 is 0 Å². The summed E-state index contributed by atoms with van der Waals surface area (Å²) >= 11 is 0. The van der Waals surface area contributed by atoms with Crippen LogP contribution in [-0.2, 0) is 12.8 Å². The van der Waals surface area contributed by atoms with Gasteiger partial charge in [-0.3, -0.25) is 0 Å². The topological polar surface area (TPSA) is 33.4 Å². The summed E-state index contributed by atoms with van der Waals surface area (Å²) < 4.78 is 5.22.